The van der Waals surface area contributed by atoms with Crippen LogP contribution in [0.2, 0.25) is 0 Å². The van der Waals surface area contributed by atoms with E-state index in [4.69, 9.17) is 18.9 Å². The summed E-state index contributed by atoms with van der Waals surface area (Å²) in [6.45, 7) is 8.41. The lowest BCUT2D eigenvalue weighted by atomic mass is 10.0. The smallest absolute Gasteiger partial charge is 0.228 e. The Kier molecular flexibility index (Phi) is 7.35. The van der Waals surface area contributed by atoms with Gasteiger partial charge in [-0.15, -0.1) is 0 Å². The van der Waals surface area contributed by atoms with E-state index in [-0.39, 0.29) is 23.2 Å². The second kappa shape index (κ2) is 10.3. The lowest BCUT2D eigenvalue weighted by Gasteiger charge is -2.17. The zero-order valence-corrected chi connectivity index (χ0v) is 22.9. The summed E-state index contributed by atoms with van der Waals surface area (Å²) in [6.07, 6.45) is 4.44. The Bertz CT molecular complexity index is 1360. The lowest BCUT2D eigenvalue weighted by Crippen LogP contribution is -2.18. The number of methoxy groups -OCH3 is 4. The zero-order chi connectivity index (χ0) is 26.9. The molecule has 2 aromatic carbocycles. The monoisotopic (exact) mass is 504 g/mol. The topological polar surface area (TPSA) is 78.9 Å². The van der Waals surface area contributed by atoms with E-state index in [0.29, 0.717) is 35.1 Å². The van der Waals surface area contributed by atoms with E-state index in [2.05, 4.69) is 44.1 Å². The maximum atomic E-state index is 13.4. The molecule has 37 heavy (non-hydrogen) atoms. The molecule has 0 radical (unpaired) electrons. The fourth-order valence-electron chi connectivity index (χ4n) is 5.12. The molecule has 2 atom stereocenters. The van der Waals surface area contributed by atoms with Crippen LogP contribution in [0.3, 0.4) is 0 Å². The fraction of sp³-hybridized carbons (Fsp3) is 0.400. The van der Waals surface area contributed by atoms with Crippen molar-refractivity contribution in [3.63, 3.8) is 0 Å². The number of fused-ring (bicyclic) bond motifs is 1. The molecule has 1 fully saturated rings. The average Bonchev–Trinajstić information content (AvgIpc) is 3.42. The van der Waals surface area contributed by atoms with Gasteiger partial charge >= 0.3 is 0 Å². The number of rotatable bonds is 9. The highest BCUT2D eigenvalue weighted by Crippen LogP contribution is 2.59. The first-order valence-corrected chi connectivity index (χ1v) is 12.3. The van der Waals surface area contributed by atoms with Crippen LogP contribution in [0.15, 0.2) is 48.2 Å². The predicted molar refractivity (Wildman–Crippen MR) is 146 cm³/mol. The molecule has 0 bridgehead atoms. The van der Waals surface area contributed by atoms with Gasteiger partial charge in [0, 0.05) is 29.8 Å². The highest BCUT2D eigenvalue weighted by molar-refractivity contribution is 5.97. The number of carbonyl (C=O) groups excluding carboxylic acids is 1. The number of aromatic nitrogens is 1. The molecule has 1 amide bonds. The van der Waals surface area contributed by atoms with E-state index >= 15 is 0 Å². The molecule has 1 aliphatic carbocycles. The van der Waals surface area contributed by atoms with Gasteiger partial charge in [-0.05, 0) is 60.4 Å². The van der Waals surface area contributed by atoms with E-state index in [9.17, 15) is 4.79 Å². The third-order valence-corrected chi connectivity index (χ3v) is 7.28. The first-order chi connectivity index (χ1) is 17.6. The Labute approximate surface area is 218 Å². The number of pyridine rings is 1. The molecule has 0 unspecified atom stereocenters. The summed E-state index contributed by atoms with van der Waals surface area (Å²) in [5.41, 5.74) is 3.52. The van der Waals surface area contributed by atoms with Crippen LogP contribution in [0.5, 0.6) is 23.0 Å². The maximum Gasteiger partial charge on any atom is 0.228 e. The highest BCUT2D eigenvalue weighted by Gasteiger charge is 2.60. The molecule has 4 rings (SSSR count). The molecule has 7 nitrogen and oxygen atoms in total. The van der Waals surface area contributed by atoms with E-state index in [1.54, 1.807) is 34.6 Å². The Balaban J connectivity index is 1.74. The van der Waals surface area contributed by atoms with Crippen LogP contribution in [0, 0.1) is 17.3 Å². The Morgan fingerprint density at radius 3 is 2.16 bits per heavy atom. The van der Waals surface area contributed by atoms with Crippen molar-refractivity contribution in [3.05, 3.63) is 59.4 Å². The number of nitrogens with one attached hydrogen (secondary N) is 1. The number of carbonyl (C=O) groups is 1. The molecule has 1 saturated carbocycles. The predicted octanol–water partition coefficient (Wildman–Crippen LogP) is 6.04. The number of hydrogen-bond acceptors (Lipinski definition) is 6. The summed E-state index contributed by atoms with van der Waals surface area (Å²) in [6, 6.07) is 9.55. The number of hydrogen-bond donors (Lipinski definition) is 1. The number of ether oxygens (including phenoxy) is 4. The molecule has 7 heteroatoms. The minimum Gasteiger partial charge on any atom is -0.493 e. The maximum absolute atomic E-state index is 13.4. The van der Waals surface area contributed by atoms with E-state index < -0.39 is 0 Å². The third-order valence-electron chi connectivity index (χ3n) is 7.28. The van der Waals surface area contributed by atoms with Crippen LogP contribution in [0.1, 0.15) is 39.0 Å². The van der Waals surface area contributed by atoms with Crippen molar-refractivity contribution in [2.75, 3.05) is 33.8 Å². The Morgan fingerprint density at radius 2 is 1.54 bits per heavy atom. The zero-order valence-electron chi connectivity index (χ0n) is 22.9. The van der Waals surface area contributed by atoms with Gasteiger partial charge in [0.15, 0.2) is 23.0 Å². The van der Waals surface area contributed by atoms with Gasteiger partial charge in [-0.25, -0.2) is 0 Å². The van der Waals surface area contributed by atoms with Crippen molar-refractivity contribution in [1.29, 1.82) is 0 Å². The molecular weight excluding hydrogens is 468 g/mol. The summed E-state index contributed by atoms with van der Waals surface area (Å²) in [5.74, 6) is 2.53. The van der Waals surface area contributed by atoms with Crippen molar-refractivity contribution < 1.29 is 23.7 Å². The molecule has 196 valence electrons. The van der Waals surface area contributed by atoms with Gasteiger partial charge in [0.1, 0.15) is 0 Å². The van der Waals surface area contributed by atoms with Crippen LogP contribution in [0.25, 0.3) is 10.8 Å². The number of nitrogens with zero attached hydrogens (tertiary/aromatic N) is 1. The fourth-order valence-corrected chi connectivity index (χ4v) is 5.12. The lowest BCUT2D eigenvalue weighted by molar-refractivity contribution is -0.118. The van der Waals surface area contributed by atoms with Crippen molar-refractivity contribution >= 4 is 22.4 Å². The molecular formula is C30H36N2O5. The van der Waals surface area contributed by atoms with Gasteiger partial charge in [0.05, 0.1) is 40.1 Å². The first kappa shape index (κ1) is 26.3. The molecule has 1 aromatic heterocycles. The molecule has 0 aliphatic heterocycles. The molecule has 0 saturated heterocycles. The summed E-state index contributed by atoms with van der Waals surface area (Å²) < 4.78 is 22.1. The summed E-state index contributed by atoms with van der Waals surface area (Å²) in [4.78, 5) is 18.1. The van der Waals surface area contributed by atoms with Gasteiger partial charge in [-0.3, -0.25) is 9.78 Å². The summed E-state index contributed by atoms with van der Waals surface area (Å²) >= 11 is 0. The molecule has 1 heterocycles. The largest absolute Gasteiger partial charge is 0.493 e. The van der Waals surface area contributed by atoms with Crippen LogP contribution in [0.4, 0.5) is 5.69 Å². The van der Waals surface area contributed by atoms with Crippen molar-refractivity contribution in [3.8, 4) is 23.0 Å². The minimum atomic E-state index is -0.101. The average molecular weight is 505 g/mol. The second-order valence-corrected chi connectivity index (χ2v) is 10.3. The van der Waals surface area contributed by atoms with Gasteiger partial charge < -0.3 is 24.3 Å². The number of benzene rings is 2. The molecule has 1 N–H and O–H groups in total. The normalized spacial score (nSPS) is 17.6. The SMILES string of the molecule is COc1cc(Cc2nccc3cc(OC)c(OC)cc23)c(NC(=O)[C@H]2[C@H](C=C(C)C)C2(C)C)cc1OC. The van der Waals surface area contributed by atoms with E-state index in [1.165, 1.54) is 5.57 Å². The van der Waals surface area contributed by atoms with Gasteiger partial charge in [-0.2, -0.15) is 0 Å². The van der Waals surface area contributed by atoms with E-state index in [1.807, 2.05) is 30.3 Å². The quantitative estimate of drug-likeness (QED) is 0.358. The number of amides is 1. The van der Waals surface area contributed by atoms with E-state index in [0.717, 1.165) is 22.0 Å². The first-order valence-electron chi connectivity index (χ1n) is 12.3. The Hall–Kier alpha value is -3.74. The number of allylic oxidation sites excluding steroid dienone is 2. The van der Waals surface area contributed by atoms with Crippen LogP contribution >= 0.6 is 0 Å². The number of anilines is 1. The van der Waals surface area contributed by atoms with Crippen molar-refractivity contribution in [2.24, 2.45) is 17.3 Å². The van der Waals surface area contributed by atoms with Crippen LogP contribution < -0.4 is 24.3 Å². The Morgan fingerprint density at radius 1 is 0.946 bits per heavy atom. The van der Waals surface area contributed by atoms with Crippen molar-refractivity contribution in [1.82, 2.24) is 4.98 Å². The molecule has 1 aliphatic rings. The van der Waals surface area contributed by atoms with Gasteiger partial charge in [0.25, 0.3) is 0 Å². The third kappa shape index (κ3) is 5.08. The standard InChI is InChI=1S/C30H36N2O5/c1-17(2)11-21-28(30(21,3)4)29(33)32-22-16-27(37-8)25(35-6)14-19(22)12-23-20-15-26(36-7)24(34-5)13-18(20)9-10-31-23/h9-11,13-16,21,28H,12H2,1-8H3,(H,32,33)/t21-,28+/m0/s1. The van der Waals surface area contributed by atoms with Crippen LogP contribution in [-0.2, 0) is 11.2 Å². The minimum absolute atomic E-state index is 0.00162. The van der Waals surface area contributed by atoms with Crippen molar-refractivity contribution in [2.45, 2.75) is 34.1 Å². The summed E-state index contributed by atoms with van der Waals surface area (Å²) in [7, 11) is 6.42. The highest BCUT2D eigenvalue weighted by atomic mass is 16.5. The van der Waals surface area contributed by atoms with Crippen LogP contribution in [-0.4, -0.2) is 39.3 Å². The second-order valence-electron chi connectivity index (χ2n) is 10.3. The van der Waals surface area contributed by atoms with Gasteiger partial charge in [0.2, 0.25) is 5.91 Å². The molecule has 3 aromatic rings. The van der Waals surface area contributed by atoms with Gasteiger partial charge in [-0.1, -0.05) is 25.5 Å². The molecule has 0 spiro atoms. The summed E-state index contributed by atoms with van der Waals surface area (Å²) in [5, 5.41) is 5.12.